The molecule has 0 spiro atoms. The average molecular weight is 158 g/mol. The third-order valence-electron chi connectivity index (χ3n) is 0. The van der Waals surface area contributed by atoms with Crippen LogP contribution in [0.5, 0.6) is 0 Å². The Hall–Kier alpha value is 1.23. The summed E-state index contributed by atoms with van der Waals surface area (Å²) in [6.45, 7) is 0. The van der Waals surface area contributed by atoms with Gasteiger partial charge in [-0.25, -0.2) is 0 Å². The Bertz CT molecular complexity index is 23.0. The van der Waals surface area contributed by atoms with Crippen LogP contribution in [0.25, 0.3) is 0 Å². The van der Waals surface area contributed by atoms with Crippen molar-refractivity contribution in [2.75, 3.05) is 0 Å². The second kappa shape index (κ2) is 3.26. The van der Waals surface area contributed by atoms with E-state index in [2.05, 4.69) is 0 Å². The largest absolute Gasteiger partial charge is 1.00 e. The molecule has 0 heterocycles. The number of halogens is 4. The van der Waals surface area contributed by atoms with Gasteiger partial charge >= 0.3 is 58.3 Å². The summed E-state index contributed by atoms with van der Waals surface area (Å²) in [5.41, 5.74) is 0. The molecule has 0 nitrogen and oxygen atoms in total. The van der Waals surface area contributed by atoms with Gasteiger partial charge in [0.15, 0.2) is 0 Å². The number of rotatable bonds is 0. The van der Waals surface area contributed by atoms with Gasteiger partial charge in [-0.3, -0.25) is 0 Å². The first-order valence-corrected chi connectivity index (χ1v) is 2.08. The predicted octanol–water partition coefficient (Wildman–Crippen LogP) is -1.32. The zero-order valence-corrected chi connectivity index (χ0v) is 5.89. The summed E-state index contributed by atoms with van der Waals surface area (Å²) in [5.74, 6) is 0. The van der Waals surface area contributed by atoms with Gasteiger partial charge in [0.2, 0.25) is 0 Å². The average Bonchev–Trinajstić information content (AvgIpc) is 0.722. The maximum atomic E-state index is 9.80. The molecule has 0 saturated carbocycles. The predicted molar refractivity (Wildman–Crippen MR) is 4.43 cm³/mol. The van der Waals surface area contributed by atoms with E-state index >= 15 is 0 Å². The normalized spacial score (nSPS) is 12.7. The van der Waals surface area contributed by atoms with Gasteiger partial charge in [-0.15, -0.1) is 0 Å². The van der Waals surface area contributed by atoms with E-state index in [0.717, 1.165) is 0 Å². The van der Waals surface area contributed by atoms with Gasteiger partial charge in [0.25, 0.3) is 0 Å². The molecular weight excluding hydrogens is 158 g/mol. The summed E-state index contributed by atoms with van der Waals surface area (Å²) in [7, 11) is 0. The van der Waals surface area contributed by atoms with E-state index in [1.807, 2.05) is 0 Å². The Kier molecular flexibility index (Phi) is 5.57. The van der Waals surface area contributed by atoms with E-state index < -0.39 is 14.4 Å². The molecule has 0 aliphatic carbocycles. The third-order valence-corrected chi connectivity index (χ3v) is 0. The van der Waals surface area contributed by atoms with Crippen LogP contribution in [0.15, 0.2) is 0 Å². The fraction of sp³-hybridized carbons (Fsp3) is 0. The molecule has 6 heavy (non-hydrogen) atoms. The van der Waals surface area contributed by atoms with Crippen LogP contribution in [-0.4, -0.2) is 0 Å². The van der Waals surface area contributed by atoms with Gasteiger partial charge in [0.05, 0.1) is 0 Å². The minimum atomic E-state index is -6.38. The Balaban J connectivity index is 0. The summed E-state index contributed by atoms with van der Waals surface area (Å²) in [4.78, 5) is 0. The summed E-state index contributed by atoms with van der Waals surface area (Å²) in [6.07, 6.45) is 0. The van der Waals surface area contributed by atoms with Crippen molar-refractivity contribution >= 4 is 0 Å². The maximum absolute atomic E-state index is 9.80. The molecule has 0 aromatic carbocycles. The molecule has 0 aromatic rings. The van der Waals surface area contributed by atoms with Crippen LogP contribution in [-0.2, 0) is 14.4 Å². The van der Waals surface area contributed by atoms with E-state index in [9.17, 15) is 14.3 Å². The molecule has 0 rings (SSSR count). The quantitative estimate of drug-likeness (QED) is 0.303. The van der Waals surface area contributed by atoms with Crippen LogP contribution in [0.2, 0.25) is 0 Å². The van der Waals surface area contributed by atoms with E-state index in [4.69, 9.17) is 0 Å². The van der Waals surface area contributed by atoms with Crippen LogP contribution in [0.3, 0.4) is 0 Å². The molecule has 0 aliphatic heterocycles. The minimum absolute atomic E-state index is 0. The second-order valence-electron chi connectivity index (χ2n) is 0.286. The molecular formula is CoF4Na. The van der Waals surface area contributed by atoms with Crippen LogP contribution in [0, 0.1) is 0 Å². The molecule has 38 valence electrons. The summed E-state index contributed by atoms with van der Waals surface area (Å²) < 4.78 is 39.2. The third kappa shape index (κ3) is 62.1. The Morgan fingerprint density at radius 3 is 0.833 bits per heavy atom. The van der Waals surface area contributed by atoms with Crippen LogP contribution in [0.4, 0.5) is 14.3 Å². The molecule has 0 aliphatic rings. The topological polar surface area (TPSA) is 0 Å². The first-order valence-electron chi connectivity index (χ1n) is 0.504. The molecule has 0 aromatic heterocycles. The Morgan fingerprint density at radius 2 is 0.833 bits per heavy atom. The smallest absolute Gasteiger partial charge is 1.00 e. The molecule has 0 amide bonds. The van der Waals surface area contributed by atoms with Crippen molar-refractivity contribution in [1.29, 1.82) is 0 Å². The fourth-order valence-electron chi connectivity index (χ4n) is 0. The fourth-order valence-corrected chi connectivity index (χ4v) is 0. The molecule has 0 atom stereocenters. The van der Waals surface area contributed by atoms with Crippen molar-refractivity contribution in [2.45, 2.75) is 0 Å². The standard InChI is InChI=1S/Co.4FH.Na/h;4*1H;/q+3;;;;;+1/p-4. The van der Waals surface area contributed by atoms with Gasteiger partial charge in [0.1, 0.15) is 0 Å². The van der Waals surface area contributed by atoms with E-state index in [1.54, 1.807) is 0 Å². The molecule has 0 saturated heterocycles. The van der Waals surface area contributed by atoms with Crippen LogP contribution >= 0.6 is 0 Å². The van der Waals surface area contributed by atoms with E-state index in [-0.39, 0.29) is 29.6 Å². The van der Waals surface area contributed by atoms with Crippen LogP contribution in [0.1, 0.15) is 0 Å². The first-order chi connectivity index (χ1) is 2.00. The van der Waals surface area contributed by atoms with Gasteiger partial charge in [-0.05, 0) is 0 Å². The molecule has 0 radical (unpaired) electrons. The molecule has 0 fully saturated rings. The molecule has 0 unspecified atom stereocenters. The van der Waals surface area contributed by atoms with Crippen molar-refractivity contribution in [1.82, 2.24) is 0 Å². The van der Waals surface area contributed by atoms with Crippen molar-refractivity contribution < 1.29 is 58.3 Å². The monoisotopic (exact) mass is 158 g/mol. The van der Waals surface area contributed by atoms with Crippen molar-refractivity contribution in [3.05, 3.63) is 0 Å². The van der Waals surface area contributed by atoms with Gasteiger partial charge in [0, 0.05) is 0 Å². The van der Waals surface area contributed by atoms with E-state index in [0.29, 0.717) is 0 Å². The SMILES string of the molecule is [F][Co-]([F])([F])[F].[Na+]. The zero-order chi connectivity index (χ0) is 4.50. The molecule has 6 heteroatoms. The Labute approximate surface area is 58.1 Å². The zero-order valence-electron chi connectivity index (χ0n) is 2.85. The summed E-state index contributed by atoms with van der Waals surface area (Å²) in [6, 6.07) is 0. The number of hydrogen-bond acceptors (Lipinski definition) is 0. The van der Waals surface area contributed by atoms with Crippen molar-refractivity contribution in [2.24, 2.45) is 0 Å². The van der Waals surface area contributed by atoms with Crippen molar-refractivity contribution in [3.8, 4) is 0 Å². The minimum Gasteiger partial charge on any atom is 1.00 e. The molecule has 0 bridgehead atoms. The molecule has 0 N–H and O–H groups in total. The first kappa shape index (κ1) is 10.3. The van der Waals surface area contributed by atoms with Gasteiger partial charge in [-0.1, -0.05) is 0 Å². The van der Waals surface area contributed by atoms with Gasteiger partial charge < -0.3 is 0 Å². The maximum Gasteiger partial charge on any atom is 1.00 e. The Morgan fingerprint density at radius 1 is 0.833 bits per heavy atom. The number of hydrogen-bond donors (Lipinski definition) is 0. The summed E-state index contributed by atoms with van der Waals surface area (Å²) in [5, 5.41) is 0. The second-order valence-corrected chi connectivity index (χ2v) is 1.18. The van der Waals surface area contributed by atoms with Gasteiger partial charge in [-0.2, -0.15) is 0 Å². The van der Waals surface area contributed by atoms with Crippen LogP contribution < -0.4 is 29.6 Å². The van der Waals surface area contributed by atoms with Crippen molar-refractivity contribution in [3.63, 3.8) is 0 Å². The summed E-state index contributed by atoms with van der Waals surface area (Å²) >= 11 is -6.38. The van der Waals surface area contributed by atoms with E-state index in [1.165, 1.54) is 0 Å².